The Morgan fingerprint density at radius 3 is 2.60 bits per heavy atom. The number of carbonyl (C=O) groups excluding carboxylic acids is 2. The van der Waals surface area contributed by atoms with Crippen LogP contribution >= 0.6 is 0 Å². The molecule has 0 aromatic rings. The Morgan fingerprint density at radius 2 is 1.87 bits per heavy atom. The zero-order chi connectivity index (χ0) is 21.5. The van der Waals surface area contributed by atoms with Crippen LogP contribution in [0.15, 0.2) is 22.8 Å². The normalized spacial score (nSPS) is 44.2. The molecule has 2 fully saturated rings. The van der Waals surface area contributed by atoms with Crippen LogP contribution in [0, 0.1) is 34.0 Å². The highest BCUT2D eigenvalue weighted by Crippen LogP contribution is 2.67. The van der Waals surface area contributed by atoms with Crippen molar-refractivity contribution in [3.05, 3.63) is 22.8 Å². The standard InChI is InChI=1S/C26H36O4/c1-15(27)30-20-13-17-18-8-7-16-14-29-23(28)21(16)25(18,4)12-9-19(17)26(5)11-6-10-24(2,3)22(20)26/h13,18-20,22H,6-12,14H2,1-5H3/t18-,19-,20+,22-,25-,26+/m0/s1. The van der Waals surface area contributed by atoms with Crippen molar-refractivity contribution in [2.75, 3.05) is 6.61 Å². The lowest BCUT2D eigenvalue weighted by atomic mass is 9.42. The largest absolute Gasteiger partial charge is 0.458 e. The first-order chi connectivity index (χ1) is 14.1. The smallest absolute Gasteiger partial charge is 0.334 e. The van der Waals surface area contributed by atoms with Gasteiger partial charge in [-0.2, -0.15) is 0 Å². The van der Waals surface area contributed by atoms with E-state index >= 15 is 0 Å². The molecule has 0 bridgehead atoms. The van der Waals surface area contributed by atoms with Gasteiger partial charge >= 0.3 is 11.9 Å². The number of allylic oxidation sites excluding steroid dienone is 1. The maximum atomic E-state index is 12.6. The number of carbonyl (C=O) groups is 2. The third-order valence-electron chi connectivity index (χ3n) is 9.64. The summed E-state index contributed by atoms with van der Waals surface area (Å²) in [5.74, 6) is 0.931. The van der Waals surface area contributed by atoms with E-state index in [1.807, 2.05) is 0 Å². The fourth-order valence-electron chi connectivity index (χ4n) is 8.64. The van der Waals surface area contributed by atoms with E-state index in [-0.39, 0.29) is 34.3 Å². The molecule has 5 rings (SSSR count). The van der Waals surface area contributed by atoms with Crippen LogP contribution in [-0.2, 0) is 19.1 Å². The third kappa shape index (κ3) is 2.64. The van der Waals surface area contributed by atoms with Gasteiger partial charge in [0.25, 0.3) is 0 Å². The van der Waals surface area contributed by atoms with Crippen molar-refractivity contribution in [3.8, 4) is 0 Å². The van der Waals surface area contributed by atoms with Crippen molar-refractivity contribution in [2.24, 2.45) is 34.0 Å². The lowest BCUT2D eigenvalue weighted by Gasteiger charge is -2.63. The van der Waals surface area contributed by atoms with Gasteiger partial charge in [0, 0.05) is 23.8 Å². The molecule has 0 saturated heterocycles. The van der Waals surface area contributed by atoms with Gasteiger partial charge in [-0.25, -0.2) is 4.79 Å². The molecule has 6 atom stereocenters. The molecule has 164 valence electrons. The van der Waals surface area contributed by atoms with E-state index in [4.69, 9.17) is 9.47 Å². The lowest BCUT2D eigenvalue weighted by molar-refractivity contribution is -0.163. The van der Waals surface area contributed by atoms with Gasteiger partial charge in [0.05, 0.1) is 0 Å². The molecule has 0 unspecified atom stereocenters. The average molecular weight is 413 g/mol. The number of hydrogen-bond acceptors (Lipinski definition) is 4. The number of fused-ring (bicyclic) bond motifs is 6. The van der Waals surface area contributed by atoms with Crippen LogP contribution < -0.4 is 0 Å². The minimum Gasteiger partial charge on any atom is -0.458 e. The second-order valence-electron chi connectivity index (χ2n) is 11.7. The van der Waals surface area contributed by atoms with E-state index in [9.17, 15) is 9.59 Å². The Morgan fingerprint density at radius 1 is 1.10 bits per heavy atom. The van der Waals surface area contributed by atoms with E-state index in [0.717, 1.165) is 31.3 Å². The fraction of sp³-hybridized carbons (Fsp3) is 0.769. The SMILES string of the molecule is CC(=O)O[C@@H]1C=C2[C@H](CC[C@]3(C)C4=C(CC[C@@H]23)COC4=O)[C@@]2(C)CCCC(C)(C)[C@H]12. The predicted octanol–water partition coefficient (Wildman–Crippen LogP) is 5.37. The molecule has 4 nitrogen and oxygen atoms in total. The topological polar surface area (TPSA) is 52.6 Å². The molecule has 4 heteroatoms. The number of esters is 2. The molecule has 30 heavy (non-hydrogen) atoms. The summed E-state index contributed by atoms with van der Waals surface area (Å²) in [6.07, 6.45) is 9.97. The van der Waals surface area contributed by atoms with Gasteiger partial charge in [-0.1, -0.05) is 39.7 Å². The molecule has 4 aliphatic carbocycles. The van der Waals surface area contributed by atoms with Crippen LogP contribution in [0.4, 0.5) is 0 Å². The number of rotatable bonds is 1. The fourth-order valence-corrected chi connectivity index (χ4v) is 8.64. The molecule has 1 aliphatic heterocycles. The maximum Gasteiger partial charge on any atom is 0.334 e. The zero-order valence-corrected chi connectivity index (χ0v) is 19.2. The second-order valence-corrected chi connectivity index (χ2v) is 11.7. The van der Waals surface area contributed by atoms with Crippen molar-refractivity contribution < 1.29 is 19.1 Å². The third-order valence-corrected chi connectivity index (χ3v) is 9.64. The van der Waals surface area contributed by atoms with Crippen LogP contribution in [0.3, 0.4) is 0 Å². The molecule has 5 aliphatic rings. The van der Waals surface area contributed by atoms with E-state index < -0.39 is 0 Å². The Bertz CT molecular complexity index is 864. The Balaban J connectivity index is 1.62. The van der Waals surface area contributed by atoms with Crippen LogP contribution in [0.5, 0.6) is 0 Å². The van der Waals surface area contributed by atoms with Crippen LogP contribution in [-0.4, -0.2) is 24.6 Å². The highest BCUT2D eigenvalue weighted by molar-refractivity contribution is 5.93. The van der Waals surface area contributed by atoms with Crippen LogP contribution in [0.1, 0.15) is 79.6 Å². The maximum absolute atomic E-state index is 12.6. The van der Waals surface area contributed by atoms with E-state index in [2.05, 4.69) is 33.8 Å². The van der Waals surface area contributed by atoms with Gasteiger partial charge in [0.2, 0.25) is 0 Å². The van der Waals surface area contributed by atoms with Gasteiger partial charge < -0.3 is 9.47 Å². The van der Waals surface area contributed by atoms with Gasteiger partial charge in [-0.05, 0) is 72.8 Å². The Labute approximate surface area is 180 Å². The van der Waals surface area contributed by atoms with E-state index in [1.165, 1.54) is 37.3 Å². The molecule has 0 N–H and O–H groups in total. The minimum atomic E-state index is -0.189. The molecular weight excluding hydrogens is 376 g/mol. The highest BCUT2D eigenvalue weighted by Gasteiger charge is 2.62. The molecule has 0 aromatic heterocycles. The average Bonchev–Trinajstić information content (AvgIpc) is 3.02. The Hall–Kier alpha value is -1.58. The summed E-state index contributed by atoms with van der Waals surface area (Å²) in [4.78, 5) is 24.7. The van der Waals surface area contributed by atoms with Crippen LogP contribution in [0.25, 0.3) is 0 Å². The monoisotopic (exact) mass is 412 g/mol. The van der Waals surface area contributed by atoms with Gasteiger partial charge in [0.1, 0.15) is 12.7 Å². The molecule has 0 amide bonds. The molecule has 0 radical (unpaired) electrons. The summed E-state index contributed by atoms with van der Waals surface area (Å²) in [5.41, 5.74) is 3.81. The summed E-state index contributed by atoms with van der Waals surface area (Å²) in [6.45, 7) is 11.5. The molecular formula is C26H36O4. The highest BCUT2D eigenvalue weighted by atomic mass is 16.5. The van der Waals surface area contributed by atoms with Crippen molar-refractivity contribution in [2.45, 2.75) is 85.7 Å². The van der Waals surface area contributed by atoms with Crippen molar-refractivity contribution in [1.82, 2.24) is 0 Å². The summed E-state index contributed by atoms with van der Waals surface area (Å²) >= 11 is 0. The lowest BCUT2D eigenvalue weighted by Crippen LogP contribution is -2.58. The second kappa shape index (κ2) is 6.46. The Kier molecular flexibility index (Phi) is 4.38. The molecule has 1 heterocycles. The zero-order valence-electron chi connectivity index (χ0n) is 19.2. The number of hydrogen-bond donors (Lipinski definition) is 0. The number of ether oxygens (including phenoxy) is 2. The summed E-state index contributed by atoms with van der Waals surface area (Å²) < 4.78 is 11.5. The summed E-state index contributed by atoms with van der Waals surface area (Å²) in [6, 6.07) is 0. The van der Waals surface area contributed by atoms with Crippen molar-refractivity contribution in [1.29, 1.82) is 0 Å². The number of cyclic esters (lactones) is 1. The van der Waals surface area contributed by atoms with Gasteiger partial charge in [0.15, 0.2) is 0 Å². The van der Waals surface area contributed by atoms with Crippen molar-refractivity contribution >= 4 is 11.9 Å². The van der Waals surface area contributed by atoms with Crippen LogP contribution in [0.2, 0.25) is 0 Å². The molecule has 0 aromatic carbocycles. The first-order valence-electron chi connectivity index (χ1n) is 11.9. The first-order valence-corrected chi connectivity index (χ1v) is 11.9. The molecule has 2 saturated carbocycles. The molecule has 0 spiro atoms. The van der Waals surface area contributed by atoms with Gasteiger partial charge in [-0.15, -0.1) is 0 Å². The van der Waals surface area contributed by atoms with Crippen molar-refractivity contribution in [3.63, 3.8) is 0 Å². The summed E-state index contributed by atoms with van der Waals surface area (Å²) in [7, 11) is 0. The van der Waals surface area contributed by atoms with E-state index in [1.54, 1.807) is 0 Å². The van der Waals surface area contributed by atoms with E-state index in [0.29, 0.717) is 24.4 Å². The summed E-state index contributed by atoms with van der Waals surface area (Å²) in [5, 5.41) is 0. The minimum absolute atomic E-state index is 0.0912. The first kappa shape index (κ1) is 20.3. The predicted molar refractivity (Wildman–Crippen MR) is 114 cm³/mol. The quantitative estimate of drug-likeness (QED) is 0.429. The van der Waals surface area contributed by atoms with Gasteiger partial charge in [-0.3, -0.25) is 4.79 Å².